The first kappa shape index (κ1) is 21.4. The molecule has 0 radical (unpaired) electrons. The minimum atomic E-state index is -0.632. The van der Waals surface area contributed by atoms with Crippen molar-refractivity contribution in [1.82, 2.24) is 10.2 Å². The topological polar surface area (TPSA) is 72.9 Å². The Bertz CT molecular complexity index is 1020. The van der Waals surface area contributed by atoms with E-state index in [0.29, 0.717) is 11.1 Å². The van der Waals surface area contributed by atoms with Crippen LogP contribution in [0.4, 0.5) is 10.1 Å². The zero-order valence-corrected chi connectivity index (χ0v) is 17.5. The molecule has 6 nitrogen and oxygen atoms in total. The van der Waals surface area contributed by atoms with E-state index in [1.165, 1.54) is 23.1 Å². The number of amides is 2. The number of anilines is 1. The van der Waals surface area contributed by atoms with E-state index in [9.17, 15) is 19.1 Å². The third-order valence-corrected chi connectivity index (χ3v) is 5.20. The average Bonchev–Trinajstić information content (AvgIpc) is 2.72. The van der Waals surface area contributed by atoms with Crippen molar-refractivity contribution < 1.29 is 19.1 Å². The van der Waals surface area contributed by atoms with Crippen molar-refractivity contribution in [2.45, 2.75) is 20.4 Å². The summed E-state index contributed by atoms with van der Waals surface area (Å²) in [6, 6.07) is 10.8. The Kier molecular flexibility index (Phi) is 6.47. The van der Waals surface area contributed by atoms with E-state index in [1.807, 2.05) is 19.9 Å². The van der Waals surface area contributed by atoms with Crippen LogP contribution in [-0.4, -0.2) is 40.0 Å². The Morgan fingerprint density at radius 2 is 1.80 bits per heavy atom. The lowest BCUT2D eigenvalue weighted by Crippen LogP contribution is -2.53. The molecule has 2 aromatic rings. The molecular formula is C22H22FN3O3S. The van der Waals surface area contributed by atoms with Crippen LogP contribution in [-0.2, 0) is 16.1 Å². The Morgan fingerprint density at radius 1 is 1.13 bits per heavy atom. The van der Waals surface area contributed by atoms with E-state index in [1.54, 1.807) is 24.3 Å². The third-order valence-electron chi connectivity index (χ3n) is 4.88. The molecule has 0 aliphatic carbocycles. The van der Waals surface area contributed by atoms with Crippen molar-refractivity contribution in [3.8, 4) is 5.75 Å². The third kappa shape index (κ3) is 4.49. The van der Waals surface area contributed by atoms with Gasteiger partial charge in [0, 0.05) is 30.4 Å². The maximum atomic E-state index is 13.1. The summed E-state index contributed by atoms with van der Waals surface area (Å²) in [4.78, 5) is 28.6. The fourth-order valence-electron chi connectivity index (χ4n) is 3.21. The van der Waals surface area contributed by atoms with Gasteiger partial charge in [0.25, 0.3) is 11.8 Å². The fraction of sp³-hybridized carbons (Fsp3) is 0.227. The quantitative estimate of drug-likeness (QED) is 0.421. The lowest BCUT2D eigenvalue weighted by atomic mass is 10.1. The molecule has 0 spiro atoms. The SMILES string of the molecule is CCN(CC)c1ccc(/C=C2/C(=O)NC(=S)N(Cc3ccc(F)cc3)C2=O)c(O)c1. The molecule has 30 heavy (non-hydrogen) atoms. The average molecular weight is 428 g/mol. The van der Waals surface area contributed by atoms with Crippen molar-refractivity contribution in [3.63, 3.8) is 0 Å². The standard InChI is InChI=1S/C22H22FN3O3S/c1-3-25(4-2)17-10-7-15(19(27)12-17)11-18-20(28)24-22(30)26(21(18)29)13-14-5-8-16(23)9-6-14/h5-12,27H,3-4,13H2,1-2H3,(H,24,28,30)/b18-11-. The number of hydrogen-bond acceptors (Lipinski definition) is 5. The summed E-state index contributed by atoms with van der Waals surface area (Å²) in [7, 11) is 0. The van der Waals surface area contributed by atoms with Crippen molar-refractivity contribution in [3.05, 3.63) is 65.0 Å². The number of aromatic hydroxyl groups is 1. The van der Waals surface area contributed by atoms with Crippen LogP contribution in [0.1, 0.15) is 25.0 Å². The van der Waals surface area contributed by atoms with Crippen LogP contribution in [0.25, 0.3) is 6.08 Å². The number of hydrogen-bond donors (Lipinski definition) is 2. The summed E-state index contributed by atoms with van der Waals surface area (Å²) in [5.74, 6) is -1.64. The number of thiocarbonyl (C=S) groups is 1. The smallest absolute Gasteiger partial charge is 0.265 e. The van der Waals surface area contributed by atoms with Crippen LogP contribution in [0.3, 0.4) is 0 Å². The predicted octanol–water partition coefficient (Wildman–Crippen LogP) is 3.20. The van der Waals surface area contributed by atoms with Crippen LogP contribution in [0, 0.1) is 5.82 Å². The van der Waals surface area contributed by atoms with Crippen molar-refractivity contribution in [1.29, 1.82) is 0 Å². The highest BCUT2D eigenvalue weighted by molar-refractivity contribution is 7.80. The highest BCUT2D eigenvalue weighted by atomic mass is 32.1. The van der Waals surface area contributed by atoms with Gasteiger partial charge < -0.3 is 10.0 Å². The van der Waals surface area contributed by atoms with Crippen LogP contribution < -0.4 is 10.2 Å². The van der Waals surface area contributed by atoms with Crippen LogP contribution >= 0.6 is 12.2 Å². The fourth-order valence-corrected chi connectivity index (χ4v) is 3.45. The minimum absolute atomic E-state index is 0.0208. The number of carbonyl (C=O) groups excluding carboxylic acids is 2. The molecule has 3 rings (SSSR count). The van der Waals surface area contributed by atoms with Gasteiger partial charge >= 0.3 is 0 Å². The number of nitrogens with zero attached hydrogens (tertiary/aromatic N) is 2. The molecular weight excluding hydrogens is 405 g/mol. The van der Waals surface area contributed by atoms with Gasteiger partial charge in [-0.2, -0.15) is 0 Å². The Labute approximate surface area is 179 Å². The number of phenols is 1. The zero-order valence-electron chi connectivity index (χ0n) is 16.7. The highest BCUT2D eigenvalue weighted by Crippen LogP contribution is 2.27. The number of benzene rings is 2. The summed E-state index contributed by atoms with van der Waals surface area (Å²) in [5.41, 5.74) is 1.71. The van der Waals surface area contributed by atoms with E-state index < -0.39 is 11.8 Å². The first-order chi connectivity index (χ1) is 14.3. The maximum absolute atomic E-state index is 13.1. The molecule has 2 amide bonds. The summed E-state index contributed by atoms with van der Waals surface area (Å²) in [6.07, 6.45) is 1.35. The normalized spacial score (nSPS) is 15.5. The Balaban J connectivity index is 1.89. The minimum Gasteiger partial charge on any atom is -0.507 e. The van der Waals surface area contributed by atoms with Crippen molar-refractivity contribution >= 4 is 40.9 Å². The van der Waals surface area contributed by atoms with Gasteiger partial charge in [0.15, 0.2) is 5.11 Å². The molecule has 2 N–H and O–H groups in total. The summed E-state index contributed by atoms with van der Waals surface area (Å²) in [6.45, 7) is 5.68. The zero-order chi connectivity index (χ0) is 21.8. The molecule has 1 aliphatic rings. The molecule has 0 unspecified atom stereocenters. The first-order valence-electron chi connectivity index (χ1n) is 9.55. The molecule has 0 bridgehead atoms. The van der Waals surface area contributed by atoms with Gasteiger partial charge in [0.1, 0.15) is 17.1 Å². The molecule has 0 aromatic heterocycles. The molecule has 1 heterocycles. The lowest BCUT2D eigenvalue weighted by molar-refractivity contribution is -0.129. The molecule has 1 fully saturated rings. The molecule has 1 aliphatic heterocycles. The lowest BCUT2D eigenvalue weighted by Gasteiger charge is -2.29. The van der Waals surface area contributed by atoms with E-state index in [2.05, 4.69) is 10.2 Å². The van der Waals surface area contributed by atoms with Crippen LogP contribution in [0.2, 0.25) is 0 Å². The van der Waals surface area contributed by atoms with Crippen LogP contribution in [0.5, 0.6) is 5.75 Å². The number of halogens is 1. The largest absolute Gasteiger partial charge is 0.507 e. The number of nitrogens with one attached hydrogen (secondary N) is 1. The van der Waals surface area contributed by atoms with Gasteiger partial charge in [-0.3, -0.25) is 19.8 Å². The van der Waals surface area contributed by atoms with E-state index in [-0.39, 0.29) is 28.8 Å². The number of carbonyl (C=O) groups is 2. The number of rotatable bonds is 6. The molecule has 2 aromatic carbocycles. The van der Waals surface area contributed by atoms with Gasteiger partial charge in [-0.1, -0.05) is 12.1 Å². The summed E-state index contributed by atoms with van der Waals surface area (Å²) >= 11 is 5.14. The molecule has 8 heteroatoms. The first-order valence-corrected chi connectivity index (χ1v) is 9.96. The Hall–Kier alpha value is -3.26. The van der Waals surface area contributed by atoms with Gasteiger partial charge in [-0.05, 0) is 62.0 Å². The van der Waals surface area contributed by atoms with Crippen molar-refractivity contribution in [2.75, 3.05) is 18.0 Å². The van der Waals surface area contributed by atoms with Gasteiger partial charge in [-0.25, -0.2) is 4.39 Å². The summed E-state index contributed by atoms with van der Waals surface area (Å²) in [5, 5.41) is 12.9. The van der Waals surface area contributed by atoms with Gasteiger partial charge in [0.05, 0.1) is 6.54 Å². The molecule has 0 atom stereocenters. The Morgan fingerprint density at radius 3 is 2.40 bits per heavy atom. The second kappa shape index (κ2) is 9.04. The van der Waals surface area contributed by atoms with Gasteiger partial charge in [0.2, 0.25) is 0 Å². The molecule has 0 saturated carbocycles. The van der Waals surface area contributed by atoms with E-state index >= 15 is 0 Å². The molecule has 156 valence electrons. The van der Waals surface area contributed by atoms with Crippen molar-refractivity contribution in [2.24, 2.45) is 0 Å². The maximum Gasteiger partial charge on any atom is 0.265 e. The second-order valence-electron chi connectivity index (χ2n) is 6.75. The summed E-state index contributed by atoms with van der Waals surface area (Å²) < 4.78 is 13.1. The highest BCUT2D eigenvalue weighted by Gasteiger charge is 2.33. The van der Waals surface area contributed by atoms with Crippen LogP contribution in [0.15, 0.2) is 48.0 Å². The monoisotopic (exact) mass is 427 g/mol. The van der Waals surface area contributed by atoms with Gasteiger partial charge in [-0.15, -0.1) is 0 Å². The number of phenolic OH excluding ortho intramolecular Hbond substituents is 1. The predicted molar refractivity (Wildman–Crippen MR) is 117 cm³/mol. The van der Waals surface area contributed by atoms with E-state index in [0.717, 1.165) is 18.8 Å². The molecule has 1 saturated heterocycles. The second-order valence-corrected chi connectivity index (χ2v) is 7.14. The van der Waals surface area contributed by atoms with E-state index in [4.69, 9.17) is 12.2 Å².